The summed E-state index contributed by atoms with van der Waals surface area (Å²) in [5.41, 5.74) is 0. The Labute approximate surface area is 121 Å². The standard InChI is InChI=1S/C14H18FNO5/c1-20-8-2-3-13(17)16-9-12(14(18)19)21-11-6-4-10(15)5-7-11/h4-7,12H,2-3,8-9H2,1H3,(H,16,17)(H,18,19). The highest BCUT2D eigenvalue weighted by atomic mass is 19.1. The number of carboxylic acids is 1. The second kappa shape index (κ2) is 8.91. The van der Waals surface area contributed by atoms with Crippen LogP contribution in [0.25, 0.3) is 0 Å². The van der Waals surface area contributed by atoms with Crippen LogP contribution in [0.2, 0.25) is 0 Å². The zero-order valence-corrected chi connectivity index (χ0v) is 11.7. The van der Waals surface area contributed by atoms with Crippen molar-refractivity contribution in [2.75, 3.05) is 20.3 Å². The van der Waals surface area contributed by atoms with Crippen LogP contribution in [0, 0.1) is 5.82 Å². The average Bonchev–Trinajstić information content (AvgIpc) is 2.45. The van der Waals surface area contributed by atoms with Crippen molar-refractivity contribution >= 4 is 11.9 Å². The van der Waals surface area contributed by atoms with E-state index >= 15 is 0 Å². The lowest BCUT2D eigenvalue weighted by Gasteiger charge is -2.15. The molecule has 21 heavy (non-hydrogen) atoms. The summed E-state index contributed by atoms with van der Waals surface area (Å²) in [6.45, 7) is 0.292. The number of aliphatic carboxylic acids is 1. The van der Waals surface area contributed by atoms with E-state index in [9.17, 15) is 14.0 Å². The molecule has 0 saturated heterocycles. The number of halogens is 1. The first-order valence-corrected chi connectivity index (χ1v) is 6.43. The maximum atomic E-state index is 12.7. The molecule has 7 heteroatoms. The Morgan fingerprint density at radius 2 is 2.00 bits per heavy atom. The number of hydrogen-bond acceptors (Lipinski definition) is 4. The Morgan fingerprint density at radius 3 is 2.57 bits per heavy atom. The van der Waals surface area contributed by atoms with Gasteiger partial charge >= 0.3 is 5.97 Å². The zero-order valence-electron chi connectivity index (χ0n) is 11.7. The van der Waals surface area contributed by atoms with E-state index in [1.54, 1.807) is 0 Å². The van der Waals surface area contributed by atoms with Crippen molar-refractivity contribution in [2.24, 2.45) is 0 Å². The molecule has 0 spiro atoms. The van der Waals surface area contributed by atoms with Gasteiger partial charge in [0, 0.05) is 20.1 Å². The van der Waals surface area contributed by atoms with Crippen LogP contribution in [0.3, 0.4) is 0 Å². The van der Waals surface area contributed by atoms with Gasteiger partial charge in [0.25, 0.3) is 0 Å². The summed E-state index contributed by atoms with van der Waals surface area (Å²) in [7, 11) is 1.54. The Balaban J connectivity index is 2.45. The third-order valence-corrected chi connectivity index (χ3v) is 2.60. The van der Waals surface area contributed by atoms with Crippen LogP contribution in [0.5, 0.6) is 5.75 Å². The molecule has 6 nitrogen and oxygen atoms in total. The molecule has 0 aliphatic rings. The molecule has 1 amide bonds. The predicted molar refractivity (Wildman–Crippen MR) is 72.6 cm³/mol. The van der Waals surface area contributed by atoms with Gasteiger partial charge < -0.3 is 19.9 Å². The third-order valence-electron chi connectivity index (χ3n) is 2.60. The fourth-order valence-electron chi connectivity index (χ4n) is 1.53. The van der Waals surface area contributed by atoms with Crippen molar-refractivity contribution in [2.45, 2.75) is 18.9 Å². The Bertz CT molecular complexity index is 463. The summed E-state index contributed by atoms with van der Waals surface area (Å²) in [5, 5.41) is 11.5. The van der Waals surface area contributed by atoms with E-state index in [2.05, 4.69) is 5.32 Å². The third kappa shape index (κ3) is 6.71. The number of methoxy groups -OCH3 is 1. The molecule has 0 radical (unpaired) electrons. The summed E-state index contributed by atoms with van der Waals surface area (Å²) >= 11 is 0. The molecule has 1 aromatic rings. The molecule has 1 rings (SSSR count). The Hall–Kier alpha value is -2.15. The summed E-state index contributed by atoms with van der Waals surface area (Å²) in [6.07, 6.45) is -0.433. The van der Waals surface area contributed by atoms with Crippen LogP contribution in [0.4, 0.5) is 4.39 Å². The molecule has 0 bridgehead atoms. The molecule has 1 unspecified atom stereocenters. The smallest absolute Gasteiger partial charge is 0.346 e. The maximum absolute atomic E-state index is 12.7. The van der Waals surface area contributed by atoms with Crippen molar-refractivity contribution in [1.29, 1.82) is 0 Å². The number of amides is 1. The van der Waals surface area contributed by atoms with Gasteiger partial charge in [0.05, 0.1) is 6.54 Å². The predicted octanol–water partition coefficient (Wildman–Crippen LogP) is 1.20. The van der Waals surface area contributed by atoms with Crippen LogP contribution >= 0.6 is 0 Å². The number of benzene rings is 1. The number of rotatable bonds is 9. The SMILES string of the molecule is COCCCC(=O)NCC(Oc1ccc(F)cc1)C(=O)O. The second-order valence-electron chi connectivity index (χ2n) is 4.30. The Morgan fingerprint density at radius 1 is 1.33 bits per heavy atom. The minimum atomic E-state index is -1.23. The van der Waals surface area contributed by atoms with E-state index in [4.69, 9.17) is 14.6 Å². The van der Waals surface area contributed by atoms with Crippen LogP contribution in [0.15, 0.2) is 24.3 Å². The van der Waals surface area contributed by atoms with Gasteiger partial charge in [-0.2, -0.15) is 0 Å². The fourth-order valence-corrected chi connectivity index (χ4v) is 1.53. The lowest BCUT2D eigenvalue weighted by atomic mass is 10.3. The first kappa shape index (κ1) is 16.9. The normalized spacial score (nSPS) is 11.7. The van der Waals surface area contributed by atoms with Crippen molar-refractivity contribution < 1.29 is 28.6 Å². The largest absolute Gasteiger partial charge is 0.478 e. The first-order chi connectivity index (χ1) is 10.0. The topological polar surface area (TPSA) is 84.9 Å². The molecule has 0 heterocycles. The van der Waals surface area contributed by atoms with Gasteiger partial charge in [-0.05, 0) is 30.7 Å². The van der Waals surface area contributed by atoms with Crippen molar-refractivity contribution in [3.63, 3.8) is 0 Å². The zero-order chi connectivity index (χ0) is 15.7. The van der Waals surface area contributed by atoms with Crippen LogP contribution in [-0.4, -0.2) is 43.3 Å². The van der Waals surface area contributed by atoms with Crippen LogP contribution in [-0.2, 0) is 14.3 Å². The van der Waals surface area contributed by atoms with Gasteiger partial charge in [-0.15, -0.1) is 0 Å². The quantitative estimate of drug-likeness (QED) is 0.669. The summed E-state index contributed by atoms with van der Waals surface area (Å²) in [4.78, 5) is 22.6. The number of carbonyl (C=O) groups is 2. The number of hydrogen-bond donors (Lipinski definition) is 2. The molecule has 0 fully saturated rings. The molecule has 1 atom stereocenters. The molecule has 0 aromatic heterocycles. The summed E-state index contributed by atoms with van der Waals surface area (Å²) in [5.74, 6) is -1.71. The molecule has 0 aliphatic heterocycles. The molecule has 0 aliphatic carbocycles. The van der Waals surface area contributed by atoms with E-state index in [1.807, 2.05) is 0 Å². The molecule has 116 valence electrons. The van der Waals surface area contributed by atoms with Crippen LogP contribution in [0.1, 0.15) is 12.8 Å². The maximum Gasteiger partial charge on any atom is 0.346 e. The average molecular weight is 299 g/mol. The lowest BCUT2D eigenvalue weighted by molar-refractivity contribution is -0.145. The number of nitrogens with one attached hydrogen (secondary N) is 1. The number of ether oxygens (including phenoxy) is 2. The number of carbonyl (C=O) groups excluding carboxylic acids is 1. The Kier molecular flexibility index (Phi) is 7.17. The van der Waals surface area contributed by atoms with E-state index in [0.29, 0.717) is 13.0 Å². The minimum absolute atomic E-state index is 0.168. The van der Waals surface area contributed by atoms with Crippen molar-refractivity contribution in [3.05, 3.63) is 30.1 Å². The molecule has 1 aromatic carbocycles. The van der Waals surface area contributed by atoms with Gasteiger partial charge in [-0.25, -0.2) is 9.18 Å². The van der Waals surface area contributed by atoms with Gasteiger partial charge in [-0.1, -0.05) is 0 Å². The van der Waals surface area contributed by atoms with Crippen molar-refractivity contribution in [1.82, 2.24) is 5.32 Å². The summed E-state index contributed by atoms with van der Waals surface area (Å²) < 4.78 is 22.8. The van der Waals surface area contributed by atoms with Crippen molar-refractivity contribution in [3.8, 4) is 5.75 Å². The highest BCUT2D eigenvalue weighted by Crippen LogP contribution is 2.13. The fraction of sp³-hybridized carbons (Fsp3) is 0.429. The monoisotopic (exact) mass is 299 g/mol. The van der Waals surface area contributed by atoms with E-state index in [1.165, 1.54) is 19.2 Å². The first-order valence-electron chi connectivity index (χ1n) is 6.43. The number of carboxylic acid groups (broad SMARTS) is 1. The molecule has 0 saturated carbocycles. The molecular formula is C14H18FNO5. The van der Waals surface area contributed by atoms with E-state index in [0.717, 1.165) is 12.1 Å². The second-order valence-corrected chi connectivity index (χ2v) is 4.30. The molecule has 2 N–H and O–H groups in total. The van der Waals surface area contributed by atoms with Gasteiger partial charge in [0.1, 0.15) is 11.6 Å². The highest BCUT2D eigenvalue weighted by Gasteiger charge is 2.20. The van der Waals surface area contributed by atoms with Gasteiger partial charge in [0.15, 0.2) is 0 Å². The van der Waals surface area contributed by atoms with Gasteiger partial charge in [-0.3, -0.25) is 4.79 Å². The highest BCUT2D eigenvalue weighted by molar-refractivity contribution is 5.78. The van der Waals surface area contributed by atoms with E-state index in [-0.39, 0.29) is 24.6 Å². The summed E-state index contributed by atoms with van der Waals surface area (Å²) in [6, 6.07) is 4.98. The van der Waals surface area contributed by atoms with Gasteiger partial charge in [0.2, 0.25) is 12.0 Å². The molecular weight excluding hydrogens is 281 g/mol. The minimum Gasteiger partial charge on any atom is -0.478 e. The lowest BCUT2D eigenvalue weighted by Crippen LogP contribution is -2.40. The van der Waals surface area contributed by atoms with Crippen LogP contribution < -0.4 is 10.1 Å². The van der Waals surface area contributed by atoms with E-state index < -0.39 is 17.9 Å².